The minimum absolute atomic E-state index is 0.0474. The van der Waals surface area contributed by atoms with Crippen LogP contribution in [0.5, 0.6) is 0 Å². The lowest BCUT2D eigenvalue weighted by Crippen LogP contribution is -2.50. The Balaban J connectivity index is 2.60. The molecule has 1 saturated heterocycles. The third-order valence-electron chi connectivity index (χ3n) is 3.42. The molecule has 1 rings (SSSR count). The van der Waals surface area contributed by atoms with Crippen LogP contribution < -0.4 is 5.32 Å². The number of carbonyl (C=O) groups is 2. The van der Waals surface area contributed by atoms with Crippen molar-refractivity contribution in [2.24, 2.45) is 0 Å². The van der Waals surface area contributed by atoms with Gasteiger partial charge >= 0.3 is 5.97 Å². The third-order valence-corrected chi connectivity index (χ3v) is 3.42. The van der Waals surface area contributed by atoms with Crippen molar-refractivity contribution in [3.8, 4) is 0 Å². The molecule has 110 valence electrons. The average Bonchev–Trinajstić information content (AvgIpc) is 2.39. The predicted molar refractivity (Wildman–Crippen MR) is 73.7 cm³/mol. The summed E-state index contributed by atoms with van der Waals surface area (Å²) in [6.07, 6.45) is 3.11. The largest absolute Gasteiger partial charge is 0.464 e. The molecule has 0 aromatic rings. The molecule has 5 nitrogen and oxygen atoms in total. The van der Waals surface area contributed by atoms with Crippen LogP contribution in [-0.4, -0.2) is 48.6 Å². The Hall–Kier alpha value is -1.10. The van der Waals surface area contributed by atoms with Crippen LogP contribution in [0.15, 0.2) is 0 Å². The molecule has 0 spiro atoms. The highest BCUT2D eigenvalue weighted by atomic mass is 16.5. The Morgan fingerprint density at radius 2 is 2.11 bits per heavy atom. The Bertz CT molecular complexity index is 307. The molecule has 19 heavy (non-hydrogen) atoms. The number of esters is 1. The Morgan fingerprint density at radius 1 is 1.37 bits per heavy atom. The second-order valence-electron chi connectivity index (χ2n) is 5.01. The van der Waals surface area contributed by atoms with Gasteiger partial charge in [-0.1, -0.05) is 6.92 Å². The second kappa shape index (κ2) is 8.15. The number of hydrogen-bond donors (Lipinski definition) is 1. The smallest absolute Gasteiger partial charge is 0.328 e. The van der Waals surface area contributed by atoms with Gasteiger partial charge in [-0.2, -0.15) is 0 Å². The van der Waals surface area contributed by atoms with Crippen LogP contribution in [0.1, 0.15) is 46.5 Å². The van der Waals surface area contributed by atoms with Crippen LogP contribution in [0.25, 0.3) is 0 Å². The highest BCUT2D eigenvalue weighted by molar-refractivity contribution is 5.85. The Kier molecular flexibility index (Phi) is 6.84. The zero-order valence-corrected chi connectivity index (χ0v) is 12.3. The van der Waals surface area contributed by atoms with Crippen molar-refractivity contribution in [1.82, 2.24) is 10.2 Å². The number of nitrogens with one attached hydrogen (secondary N) is 1. The zero-order chi connectivity index (χ0) is 14.3. The predicted octanol–water partition coefficient (Wildman–Crippen LogP) is 1.32. The summed E-state index contributed by atoms with van der Waals surface area (Å²) in [5.74, 6) is -0.210. The Morgan fingerprint density at radius 3 is 2.74 bits per heavy atom. The normalized spacial score (nSPS) is 21.0. The van der Waals surface area contributed by atoms with E-state index in [0.717, 1.165) is 25.8 Å². The summed E-state index contributed by atoms with van der Waals surface area (Å²) in [5.41, 5.74) is 0. The monoisotopic (exact) mass is 270 g/mol. The number of nitrogens with zero attached hydrogens (tertiary/aromatic N) is 1. The van der Waals surface area contributed by atoms with Gasteiger partial charge in [0.25, 0.3) is 0 Å². The number of rotatable bonds is 6. The van der Waals surface area contributed by atoms with E-state index in [1.807, 2.05) is 13.8 Å². The molecule has 0 saturated carbocycles. The van der Waals surface area contributed by atoms with E-state index in [9.17, 15) is 9.59 Å². The number of carbonyl (C=O) groups excluding carboxylic acids is 2. The summed E-state index contributed by atoms with van der Waals surface area (Å²) in [6, 6.07) is -0.239. The lowest BCUT2D eigenvalue weighted by Gasteiger charge is -2.34. The first-order valence-electron chi connectivity index (χ1n) is 7.29. The summed E-state index contributed by atoms with van der Waals surface area (Å²) < 4.78 is 5.07. The van der Waals surface area contributed by atoms with E-state index in [1.165, 1.54) is 0 Å². The lowest BCUT2D eigenvalue weighted by atomic mass is 10.0. The summed E-state index contributed by atoms with van der Waals surface area (Å²) >= 11 is 0. The maximum Gasteiger partial charge on any atom is 0.328 e. The lowest BCUT2D eigenvalue weighted by molar-refractivity contribution is -0.156. The summed E-state index contributed by atoms with van der Waals surface area (Å²) in [5, 5.41) is 3.22. The maximum atomic E-state index is 12.3. The van der Waals surface area contributed by atoms with Gasteiger partial charge in [0.05, 0.1) is 6.61 Å². The van der Waals surface area contributed by atoms with Crippen molar-refractivity contribution in [3.05, 3.63) is 0 Å². The minimum atomic E-state index is -0.380. The van der Waals surface area contributed by atoms with E-state index in [-0.39, 0.29) is 24.0 Å². The van der Waals surface area contributed by atoms with Gasteiger partial charge in [0, 0.05) is 19.0 Å². The summed E-state index contributed by atoms with van der Waals surface area (Å²) in [6.45, 7) is 7.68. The molecule has 2 atom stereocenters. The molecule has 5 heteroatoms. The van der Waals surface area contributed by atoms with E-state index in [0.29, 0.717) is 19.6 Å². The third kappa shape index (κ3) is 4.82. The first-order valence-corrected chi connectivity index (χ1v) is 7.29. The van der Waals surface area contributed by atoms with Gasteiger partial charge < -0.3 is 15.0 Å². The highest BCUT2D eigenvalue weighted by Gasteiger charge is 2.33. The van der Waals surface area contributed by atoms with Crippen LogP contribution in [-0.2, 0) is 14.3 Å². The molecule has 1 N–H and O–H groups in total. The summed E-state index contributed by atoms with van der Waals surface area (Å²) in [4.78, 5) is 25.9. The fraction of sp³-hybridized carbons (Fsp3) is 0.857. The number of hydrogen-bond acceptors (Lipinski definition) is 4. The molecular weight excluding hydrogens is 244 g/mol. The number of likely N-dealkylation sites (tertiary alicyclic amines) is 1. The van der Waals surface area contributed by atoms with E-state index < -0.39 is 0 Å². The van der Waals surface area contributed by atoms with Crippen LogP contribution >= 0.6 is 0 Å². The van der Waals surface area contributed by atoms with Crippen molar-refractivity contribution in [2.75, 3.05) is 19.7 Å². The molecule has 0 radical (unpaired) electrons. The number of ether oxygens (including phenoxy) is 1. The molecule has 0 bridgehead atoms. The number of amides is 1. The Labute approximate surface area is 115 Å². The van der Waals surface area contributed by atoms with E-state index >= 15 is 0 Å². The second-order valence-corrected chi connectivity index (χ2v) is 5.01. The molecule has 1 aliphatic rings. The van der Waals surface area contributed by atoms with E-state index in [2.05, 4.69) is 5.32 Å². The number of piperidine rings is 1. The molecule has 1 heterocycles. The molecule has 0 aliphatic carbocycles. The fourth-order valence-electron chi connectivity index (χ4n) is 2.51. The zero-order valence-electron chi connectivity index (χ0n) is 12.3. The molecule has 1 amide bonds. The van der Waals surface area contributed by atoms with Crippen molar-refractivity contribution < 1.29 is 14.3 Å². The van der Waals surface area contributed by atoms with Gasteiger partial charge in [0.2, 0.25) is 5.91 Å². The van der Waals surface area contributed by atoms with Crippen LogP contribution in [0.2, 0.25) is 0 Å². The van der Waals surface area contributed by atoms with Crippen LogP contribution in [0.3, 0.4) is 0 Å². The minimum Gasteiger partial charge on any atom is -0.464 e. The maximum absolute atomic E-state index is 12.3. The van der Waals surface area contributed by atoms with Gasteiger partial charge in [0.15, 0.2) is 0 Å². The molecular formula is C14H26N2O3. The average molecular weight is 270 g/mol. The van der Waals surface area contributed by atoms with Crippen molar-refractivity contribution >= 4 is 11.9 Å². The van der Waals surface area contributed by atoms with Gasteiger partial charge in [-0.25, -0.2) is 4.79 Å². The molecule has 0 aromatic carbocycles. The highest BCUT2D eigenvalue weighted by Crippen LogP contribution is 2.19. The first-order chi connectivity index (χ1) is 9.10. The van der Waals surface area contributed by atoms with E-state index in [4.69, 9.17) is 4.74 Å². The van der Waals surface area contributed by atoms with Gasteiger partial charge in [-0.05, 0) is 39.7 Å². The standard InChI is InChI=1S/C14H26N2O3/c1-4-15-11(3)10-13(17)16-9-7-6-8-12(16)14(18)19-5-2/h11-12,15H,4-10H2,1-3H3. The molecule has 0 aromatic heterocycles. The van der Waals surface area contributed by atoms with Gasteiger partial charge in [-0.15, -0.1) is 0 Å². The molecule has 2 unspecified atom stereocenters. The SMILES string of the molecule is CCNC(C)CC(=O)N1CCCCC1C(=O)OCC. The summed E-state index contributed by atoms with van der Waals surface area (Å²) in [7, 11) is 0. The van der Waals surface area contributed by atoms with Crippen molar-refractivity contribution in [2.45, 2.75) is 58.5 Å². The molecule has 1 aliphatic heterocycles. The van der Waals surface area contributed by atoms with Crippen molar-refractivity contribution in [3.63, 3.8) is 0 Å². The van der Waals surface area contributed by atoms with Gasteiger partial charge in [0.1, 0.15) is 6.04 Å². The van der Waals surface area contributed by atoms with Crippen LogP contribution in [0.4, 0.5) is 0 Å². The van der Waals surface area contributed by atoms with Crippen LogP contribution in [0, 0.1) is 0 Å². The van der Waals surface area contributed by atoms with Gasteiger partial charge in [-0.3, -0.25) is 4.79 Å². The quantitative estimate of drug-likeness (QED) is 0.740. The van der Waals surface area contributed by atoms with Crippen molar-refractivity contribution in [1.29, 1.82) is 0 Å². The fourth-order valence-corrected chi connectivity index (χ4v) is 2.51. The topological polar surface area (TPSA) is 58.6 Å². The molecule has 1 fully saturated rings. The van der Waals surface area contributed by atoms with E-state index in [1.54, 1.807) is 11.8 Å². The first kappa shape index (κ1) is 16.0.